The normalized spacial score (nSPS) is 29.2. The molecule has 3 rings (SSSR count). The topological polar surface area (TPSA) is 122 Å². The molecule has 3 aliphatic heterocycles. The first-order chi connectivity index (χ1) is 11.8. The molecule has 0 aromatic carbocycles. The van der Waals surface area contributed by atoms with Crippen LogP contribution in [0.4, 0.5) is 0 Å². The Morgan fingerprint density at radius 2 is 1.72 bits per heavy atom. The summed E-state index contributed by atoms with van der Waals surface area (Å²) < 4.78 is 27.8. The predicted octanol–water partition coefficient (Wildman–Crippen LogP) is -0.526. The van der Waals surface area contributed by atoms with Crippen LogP contribution in [0.15, 0.2) is 0 Å². The van der Waals surface area contributed by atoms with E-state index in [0.29, 0.717) is 38.8 Å². The van der Waals surface area contributed by atoms with Gasteiger partial charge in [-0.1, -0.05) is 0 Å². The quantitative estimate of drug-likeness (QED) is 0.710. The van der Waals surface area contributed by atoms with Crippen molar-refractivity contribution in [1.82, 2.24) is 13.5 Å². The number of hydrogen-bond donors (Lipinski definition) is 1. The van der Waals surface area contributed by atoms with E-state index in [4.69, 9.17) is 5.26 Å². The summed E-state index contributed by atoms with van der Waals surface area (Å²) in [5.41, 5.74) is 0. The van der Waals surface area contributed by atoms with Crippen molar-refractivity contribution in [2.45, 2.75) is 31.7 Å². The minimum atomic E-state index is -3.66. The van der Waals surface area contributed by atoms with Crippen molar-refractivity contribution >= 4 is 22.1 Å². The molecule has 0 bridgehead atoms. The second-order valence-electron chi connectivity index (χ2n) is 6.88. The average molecular weight is 370 g/mol. The van der Waals surface area contributed by atoms with Crippen LogP contribution < -0.4 is 0 Å². The van der Waals surface area contributed by atoms with Gasteiger partial charge in [-0.3, -0.25) is 4.79 Å². The van der Waals surface area contributed by atoms with Gasteiger partial charge in [0.15, 0.2) is 0 Å². The van der Waals surface area contributed by atoms with Crippen molar-refractivity contribution in [3.63, 3.8) is 0 Å². The lowest BCUT2D eigenvalue weighted by atomic mass is 9.97. The Balaban J connectivity index is 1.66. The summed E-state index contributed by atoms with van der Waals surface area (Å²) in [6.45, 7) is 1.23. The number of nitrogens with zero attached hydrogens (tertiary/aromatic N) is 4. The van der Waals surface area contributed by atoms with Crippen molar-refractivity contribution < 1.29 is 23.1 Å². The first-order valence-electron chi connectivity index (χ1n) is 8.52. The molecule has 9 nitrogen and oxygen atoms in total. The maximum atomic E-state index is 12.7. The molecule has 1 amide bonds. The summed E-state index contributed by atoms with van der Waals surface area (Å²) in [6, 6.07) is 1.25. The van der Waals surface area contributed by atoms with E-state index in [1.54, 1.807) is 0 Å². The van der Waals surface area contributed by atoms with E-state index in [-0.39, 0.29) is 31.5 Å². The molecule has 3 fully saturated rings. The number of hydrogen-bond acceptors (Lipinski definition) is 5. The molecule has 1 N–H and O–H groups in total. The molecule has 138 valence electrons. The van der Waals surface area contributed by atoms with Crippen molar-refractivity contribution in [2.75, 3.05) is 32.7 Å². The summed E-state index contributed by atoms with van der Waals surface area (Å²) in [5, 5.41) is 18.0. The Morgan fingerprint density at radius 3 is 2.36 bits per heavy atom. The van der Waals surface area contributed by atoms with Gasteiger partial charge >= 0.3 is 5.97 Å². The van der Waals surface area contributed by atoms with Crippen LogP contribution in [0.1, 0.15) is 25.7 Å². The summed E-state index contributed by atoms with van der Waals surface area (Å²) in [4.78, 5) is 25.4. The zero-order valence-corrected chi connectivity index (χ0v) is 14.7. The lowest BCUT2D eigenvalue weighted by Crippen LogP contribution is -2.57. The molecule has 25 heavy (non-hydrogen) atoms. The van der Waals surface area contributed by atoms with E-state index in [1.807, 2.05) is 6.07 Å². The highest BCUT2D eigenvalue weighted by Crippen LogP contribution is 2.28. The molecule has 0 aliphatic carbocycles. The number of rotatable bonds is 4. The first-order valence-corrected chi connectivity index (χ1v) is 9.92. The molecule has 10 heteroatoms. The fraction of sp³-hybridized carbons (Fsp3) is 0.800. The summed E-state index contributed by atoms with van der Waals surface area (Å²) in [5.74, 6) is -2.04. The van der Waals surface area contributed by atoms with Gasteiger partial charge in [0.1, 0.15) is 6.04 Å². The minimum Gasteiger partial charge on any atom is -0.480 e. The fourth-order valence-corrected chi connectivity index (χ4v) is 5.54. The largest absolute Gasteiger partial charge is 0.480 e. The minimum absolute atomic E-state index is 0.0811. The molecule has 2 atom stereocenters. The van der Waals surface area contributed by atoms with Gasteiger partial charge in [-0.2, -0.15) is 22.3 Å². The number of carbonyl (C=O) groups is 2. The highest BCUT2D eigenvalue weighted by atomic mass is 32.2. The molecule has 0 saturated carbocycles. The zero-order chi connectivity index (χ0) is 18.2. The van der Waals surface area contributed by atoms with Gasteiger partial charge in [-0.25, -0.2) is 4.79 Å². The van der Waals surface area contributed by atoms with Gasteiger partial charge < -0.3 is 10.0 Å². The van der Waals surface area contributed by atoms with Crippen molar-refractivity contribution in [3.05, 3.63) is 0 Å². The lowest BCUT2D eigenvalue weighted by molar-refractivity contribution is -0.150. The summed E-state index contributed by atoms with van der Waals surface area (Å²) in [6.07, 6.45) is 2.23. The number of nitriles is 1. The van der Waals surface area contributed by atoms with Crippen LogP contribution in [-0.4, -0.2) is 77.7 Å². The SMILES string of the molecule is N#CC1CN(S(=O)(=O)N2CCC[C@H](C(=O)N3CCC[C@@H]3C(=O)O)C2)C1. The van der Waals surface area contributed by atoms with Crippen molar-refractivity contribution in [3.8, 4) is 6.07 Å². The molecule has 3 heterocycles. The van der Waals surface area contributed by atoms with E-state index in [9.17, 15) is 23.1 Å². The Labute approximate surface area is 147 Å². The van der Waals surface area contributed by atoms with E-state index >= 15 is 0 Å². The van der Waals surface area contributed by atoms with Gasteiger partial charge in [0.25, 0.3) is 10.2 Å². The average Bonchev–Trinajstić information content (AvgIpc) is 3.03. The van der Waals surface area contributed by atoms with Gasteiger partial charge in [0.05, 0.1) is 17.9 Å². The molecule has 0 aromatic rings. The monoisotopic (exact) mass is 370 g/mol. The molecule has 0 radical (unpaired) electrons. The van der Waals surface area contributed by atoms with Crippen LogP contribution in [0.25, 0.3) is 0 Å². The molecular formula is C15H22N4O5S. The van der Waals surface area contributed by atoms with E-state index in [2.05, 4.69) is 0 Å². The number of aliphatic carboxylic acids is 1. The number of carbonyl (C=O) groups excluding carboxylic acids is 1. The maximum absolute atomic E-state index is 12.7. The van der Waals surface area contributed by atoms with Crippen LogP contribution >= 0.6 is 0 Å². The molecule has 3 aliphatic rings. The van der Waals surface area contributed by atoms with Gasteiger partial charge in [-0.15, -0.1) is 0 Å². The molecular weight excluding hydrogens is 348 g/mol. The number of piperidine rings is 1. The fourth-order valence-electron chi connectivity index (χ4n) is 3.75. The smallest absolute Gasteiger partial charge is 0.326 e. The Morgan fingerprint density at radius 1 is 1.04 bits per heavy atom. The second-order valence-corrected chi connectivity index (χ2v) is 8.80. The second kappa shape index (κ2) is 6.90. The maximum Gasteiger partial charge on any atom is 0.326 e. The highest BCUT2D eigenvalue weighted by Gasteiger charge is 2.44. The van der Waals surface area contributed by atoms with Crippen LogP contribution in [0.3, 0.4) is 0 Å². The van der Waals surface area contributed by atoms with Gasteiger partial charge in [0.2, 0.25) is 5.91 Å². The number of carboxylic acid groups (broad SMARTS) is 1. The van der Waals surface area contributed by atoms with E-state index in [1.165, 1.54) is 13.5 Å². The van der Waals surface area contributed by atoms with Crippen LogP contribution in [-0.2, 0) is 19.8 Å². The molecule has 3 saturated heterocycles. The van der Waals surface area contributed by atoms with Crippen molar-refractivity contribution in [2.24, 2.45) is 11.8 Å². The standard InChI is InChI=1S/C15H22N4O5S/c16-7-11-8-18(9-11)25(23,24)17-5-1-3-12(10-17)14(20)19-6-2-4-13(19)15(21)22/h11-13H,1-6,8-10H2,(H,21,22)/t12-,13+/m0/s1. The lowest BCUT2D eigenvalue weighted by Gasteiger charge is -2.40. The van der Waals surface area contributed by atoms with Gasteiger partial charge in [0, 0.05) is 32.7 Å². The molecule has 0 aromatic heterocycles. The Hall–Kier alpha value is -1.70. The summed E-state index contributed by atoms with van der Waals surface area (Å²) >= 11 is 0. The third-order valence-corrected chi connectivity index (χ3v) is 7.17. The van der Waals surface area contributed by atoms with Crippen LogP contribution in [0.2, 0.25) is 0 Å². The van der Waals surface area contributed by atoms with E-state index < -0.39 is 28.1 Å². The summed E-state index contributed by atoms with van der Waals surface area (Å²) in [7, 11) is -3.66. The predicted molar refractivity (Wildman–Crippen MR) is 86.3 cm³/mol. The Bertz CT molecular complexity index is 697. The third kappa shape index (κ3) is 3.36. The number of carboxylic acids is 1. The van der Waals surface area contributed by atoms with Crippen molar-refractivity contribution in [1.29, 1.82) is 5.26 Å². The number of likely N-dealkylation sites (tertiary alicyclic amines) is 1. The van der Waals surface area contributed by atoms with Crippen LogP contribution in [0.5, 0.6) is 0 Å². The first kappa shape index (κ1) is 18.1. The van der Waals surface area contributed by atoms with Crippen LogP contribution in [0, 0.1) is 23.2 Å². The third-order valence-electron chi connectivity index (χ3n) is 5.24. The Kier molecular flexibility index (Phi) is 4.99. The molecule has 0 spiro atoms. The zero-order valence-electron chi connectivity index (χ0n) is 13.9. The highest BCUT2D eigenvalue weighted by molar-refractivity contribution is 7.86. The number of amides is 1. The molecule has 0 unspecified atom stereocenters. The van der Waals surface area contributed by atoms with E-state index in [0.717, 1.165) is 0 Å². The van der Waals surface area contributed by atoms with Gasteiger partial charge in [-0.05, 0) is 25.7 Å².